The number of pyridine rings is 2. The highest BCUT2D eigenvalue weighted by molar-refractivity contribution is 5.92. The number of benzene rings is 1. The van der Waals surface area contributed by atoms with E-state index in [1.54, 1.807) is 0 Å². The fraction of sp³-hybridized carbons (Fsp3) is 0.310. The number of anilines is 2. The minimum absolute atomic E-state index is 0.482. The molecule has 0 bridgehead atoms. The van der Waals surface area contributed by atoms with Crippen LogP contribution in [0.15, 0.2) is 61.3 Å². The number of fused-ring (bicyclic) bond motifs is 2. The van der Waals surface area contributed by atoms with Gasteiger partial charge in [0, 0.05) is 35.7 Å². The van der Waals surface area contributed by atoms with Crippen LogP contribution in [0.3, 0.4) is 0 Å². The Morgan fingerprint density at radius 2 is 1.84 bits per heavy atom. The summed E-state index contributed by atoms with van der Waals surface area (Å²) in [6.45, 7) is 4.17. The normalized spacial score (nSPS) is 11.6. The largest absolute Gasteiger partial charge is 0.384 e. The fourth-order valence-corrected chi connectivity index (χ4v) is 4.64. The monoisotopic (exact) mass is 494 g/mol. The number of aryl methyl sites for hydroxylation is 3. The van der Waals surface area contributed by atoms with E-state index in [0.29, 0.717) is 5.82 Å². The van der Waals surface area contributed by atoms with Crippen molar-refractivity contribution in [2.24, 2.45) is 0 Å². The zero-order chi connectivity index (χ0) is 25.8. The lowest BCUT2D eigenvalue weighted by molar-refractivity contribution is 0.405. The number of rotatable bonds is 10. The Morgan fingerprint density at radius 3 is 2.68 bits per heavy atom. The van der Waals surface area contributed by atoms with Crippen LogP contribution in [-0.4, -0.2) is 56.6 Å². The molecule has 0 amide bonds. The SMILES string of the molecule is CCc1cc(NCCCN(C)C)c2ccc(CCc3cncc(-n4ccc5c(N)ncnc54)c3)cc2n1. The lowest BCUT2D eigenvalue weighted by Gasteiger charge is -2.14. The standard InChI is InChI=1S/C29H34N8/c1-4-22-16-26(32-11-5-12-36(2)3)24-9-8-20(15-27(24)35-22)6-7-21-14-23(18-31-17-21)37-13-10-25-28(30)33-19-34-29(25)37/h8-10,13-19H,4-7,11-12H2,1-3H3,(H,32,35)(H2,30,33,34). The summed E-state index contributed by atoms with van der Waals surface area (Å²) >= 11 is 0. The van der Waals surface area contributed by atoms with Gasteiger partial charge in [-0.05, 0) is 81.7 Å². The zero-order valence-corrected chi connectivity index (χ0v) is 21.8. The molecule has 5 aromatic rings. The van der Waals surface area contributed by atoms with Crippen LogP contribution in [0.2, 0.25) is 0 Å². The average Bonchev–Trinajstić information content (AvgIpc) is 3.35. The molecule has 8 heteroatoms. The van der Waals surface area contributed by atoms with Crippen molar-refractivity contribution in [2.45, 2.75) is 32.6 Å². The molecule has 0 aliphatic heterocycles. The molecule has 0 aliphatic carbocycles. The summed E-state index contributed by atoms with van der Waals surface area (Å²) in [6, 6.07) is 13.0. The van der Waals surface area contributed by atoms with Gasteiger partial charge in [0.2, 0.25) is 0 Å². The minimum Gasteiger partial charge on any atom is -0.384 e. The van der Waals surface area contributed by atoms with Gasteiger partial charge < -0.3 is 16.0 Å². The van der Waals surface area contributed by atoms with Gasteiger partial charge in [-0.1, -0.05) is 19.1 Å². The van der Waals surface area contributed by atoms with Gasteiger partial charge >= 0.3 is 0 Å². The Morgan fingerprint density at radius 1 is 0.973 bits per heavy atom. The maximum Gasteiger partial charge on any atom is 0.150 e. The van der Waals surface area contributed by atoms with Crippen LogP contribution in [0, 0.1) is 0 Å². The molecule has 0 atom stereocenters. The van der Waals surface area contributed by atoms with Gasteiger partial charge in [0.15, 0.2) is 0 Å². The predicted octanol–water partition coefficient (Wildman–Crippen LogP) is 4.66. The lowest BCUT2D eigenvalue weighted by atomic mass is 10.0. The molecule has 37 heavy (non-hydrogen) atoms. The molecule has 3 N–H and O–H groups in total. The van der Waals surface area contributed by atoms with E-state index in [4.69, 9.17) is 10.7 Å². The van der Waals surface area contributed by atoms with Crippen LogP contribution in [0.1, 0.15) is 30.2 Å². The quantitative estimate of drug-likeness (QED) is 0.273. The smallest absolute Gasteiger partial charge is 0.150 e. The van der Waals surface area contributed by atoms with Crippen LogP contribution in [-0.2, 0) is 19.3 Å². The highest BCUT2D eigenvalue weighted by Gasteiger charge is 2.10. The van der Waals surface area contributed by atoms with Crippen LogP contribution >= 0.6 is 0 Å². The van der Waals surface area contributed by atoms with Crippen molar-refractivity contribution in [1.82, 2.24) is 29.4 Å². The van der Waals surface area contributed by atoms with E-state index in [1.165, 1.54) is 28.5 Å². The van der Waals surface area contributed by atoms with E-state index in [0.717, 1.165) is 66.7 Å². The molecular weight excluding hydrogens is 460 g/mol. The first-order chi connectivity index (χ1) is 18.0. The molecule has 1 aromatic carbocycles. The summed E-state index contributed by atoms with van der Waals surface area (Å²) in [5.74, 6) is 0.482. The summed E-state index contributed by atoms with van der Waals surface area (Å²) in [5.41, 5.74) is 13.5. The summed E-state index contributed by atoms with van der Waals surface area (Å²) < 4.78 is 2.00. The molecule has 190 valence electrons. The Bertz CT molecular complexity index is 1520. The number of nitrogens with zero attached hydrogens (tertiary/aromatic N) is 6. The third-order valence-corrected chi connectivity index (χ3v) is 6.66. The second-order valence-corrected chi connectivity index (χ2v) is 9.68. The number of nitrogens with one attached hydrogen (secondary N) is 1. The summed E-state index contributed by atoms with van der Waals surface area (Å²) in [4.78, 5) is 20.1. The second-order valence-electron chi connectivity index (χ2n) is 9.68. The van der Waals surface area contributed by atoms with Gasteiger partial charge in [-0.3, -0.25) is 14.5 Å². The van der Waals surface area contributed by atoms with Gasteiger partial charge in [0.05, 0.1) is 22.8 Å². The molecule has 8 nitrogen and oxygen atoms in total. The molecule has 0 radical (unpaired) electrons. The Kier molecular flexibility index (Phi) is 7.28. The van der Waals surface area contributed by atoms with Crippen LogP contribution < -0.4 is 11.1 Å². The molecular formula is C29H34N8. The van der Waals surface area contributed by atoms with Crippen LogP contribution in [0.5, 0.6) is 0 Å². The Hall–Kier alpha value is -4.04. The van der Waals surface area contributed by atoms with Crippen molar-refractivity contribution in [2.75, 3.05) is 38.2 Å². The highest BCUT2D eigenvalue weighted by Crippen LogP contribution is 2.26. The third kappa shape index (κ3) is 5.54. The number of nitrogens with two attached hydrogens (primary N) is 1. The van der Waals surface area contributed by atoms with Crippen molar-refractivity contribution in [3.8, 4) is 5.69 Å². The predicted molar refractivity (Wildman–Crippen MR) is 151 cm³/mol. The number of aromatic nitrogens is 5. The average molecular weight is 495 g/mol. The van der Waals surface area contributed by atoms with Crippen molar-refractivity contribution >= 4 is 33.4 Å². The lowest BCUT2D eigenvalue weighted by Crippen LogP contribution is -2.16. The van der Waals surface area contributed by atoms with Crippen LogP contribution in [0.4, 0.5) is 11.5 Å². The van der Waals surface area contributed by atoms with Gasteiger partial charge in [0.1, 0.15) is 17.8 Å². The van der Waals surface area contributed by atoms with E-state index in [1.807, 2.05) is 29.2 Å². The van der Waals surface area contributed by atoms with E-state index in [2.05, 4.69) is 76.5 Å². The van der Waals surface area contributed by atoms with E-state index < -0.39 is 0 Å². The number of hydrogen-bond acceptors (Lipinski definition) is 7. The third-order valence-electron chi connectivity index (χ3n) is 6.66. The number of hydrogen-bond donors (Lipinski definition) is 2. The first-order valence-corrected chi connectivity index (χ1v) is 12.8. The first-order valence-electron chi connectivity index (χ1n) is 12.8. The molecule has 0 saturated carbocycles. The molecule has 4 heterocycles. The summed E-state index contributed by atoms with van der Waals surface area (Å²) in [5, 5.41) is 5.65. The van der Waals surface area contributed by atoms with Crippen molar-refractivity contribution in [3.05, 3.63) is 78.1 Å². The van der Waals surface area contributed by atoms with Crippen LogP contribution in [0.25, 0.3) is 27.6 Å². The van der Waals surface area contributed by atoms with Gasteiger partial charge in [-0.2, -0.15) is 0 Å². The van der Waals surface area contributed by atoms with Gasteiger partial charge in [0.25, 0.3) is 0 Å². The first kappa shape index (κ1) is 24.6. The molecule has 0 saturated heterocycles. The maximum absolute atomic E-state index is 6.01. The minimum atomic E-state index is 0.482. The fourth-order valence-electron chi connectivity index (χ4n) is 4.64. The molecule has 5 rings (SSSR count). The van der Waals surface area contributed by atoms with Gasteiger partial charge in [-0.25, -0.2) is 9.97 Å². The van der Waals surface area contributed by atoms with Crippen molar-refractivity contribution in [3.63, 3.8) is 0 Å². The molecule has 0 spiro atoms. The Labute approximate surface area is 217 Å². The van der Waals surface area contributed by atoms with Crippen molar-refractivity contribution < 1.29 is 0 Å². The molecule has 0 aliphatic rings. The number of nitrogen functional groups attached to an aromatic ring is 1. The van der Waals surface area contributed by atoms with E-state index in [-0.39, 0.29) is 0 Å². The maximum atomic E-state index is 6.01. The summed E-state index contributed by atoms with van der Waals surface area (Å²) in [6.07, 6.45) is 11.0. The second kappa shape index (κ2) is 10.9. The van der Waals surface area contributed by atoms with Crippen molar-refractivity contribution in [1.29, 1.82) is 0 Å². The molecule has 0 unspecified atom stereocenters. The van der Waals surface area contributed by atoms with E-state index in [9.17, 15) is 0 Å². The zero-order valence-electron chi connectivity index (χ0n) is 21.8. The molecule has 4 aromatic heterocycles. The topological polar surface area (TPSA) is 97.8 Å². The molecule has 0 fully saturated rings. The van der Waals surface area contributed by atoms with Gasteiger partial charge in [-0.15, -0.1) is 0 Å². The highest BCUT2D eigenvalue weighted by atomic mass is 15.1. The summed E-state index contributed by atoms with van der Waals surface area (Å²) in [7, 11) is 4.22. The Balaban J connectivity index is 1.33. The van der Waals surface area contributed by atoms with E-state index >= 15 is 0 Å².